The average Bonchev–Trinajstić information content (AvgIpc) is 3.15. The molecule has 7 nitrogen and oxygen atoms in total. The van der Waals surface area contributed by atoms with Crippen LogP contribution in [-0.4, -0.2) is 58.2 Å². The zero-order chi connectivity index (χ0) is 23.8. The lowest BCUT2D eigenvalue weighted by molar-refractivity contribution is -0.115. The minimum Gasteiger partial charge on any atom is -0.367 e. The van der Waals surface area contributed by atoms with Crippen LogP contribution in [0.15, 0.2) is 47.5 Å². The number of carbonyl (C=O) groups is 2. The predicted molar refractivity (Wildman–Crippen MR) is 133 cm³/mol. The van der Waals surface area contributed by atoms with Gasteiger partial charge in [0.1, 0.15) is 5.82 Å². The van der Waals surface area contributed by atoms with Crippen LogP contribution in [0.2, 0.25) is 0 Å². The molecule has 2 aliphatic heterocycles. The lowest BCUT2D eigenvalue weighted by Gasteiger charge is -2.38. The first-order valence-corrected chi connectivity index (χ1v) is 12.0. The van der Waals surface area contributed by atoms with Gasteiger partial charge in [0.15, 0.2) is 5.82 Å². The van der Waals surface area contributed by atoms with Crippen molar-refractivity contribution >= 4 is 45.6 Å². The van der Waals surface area contributed by atoms with Gasteiger partial charge in [-0.05, 0) is 43.3 Å². The molecular formula is C25H24FN5O2S. The highest BCUT2D eigenvalue weighted by Crippen LogP contribution is 2.32. The summed E-state index contributed by atoms with van der Waals surface area (Å²) in [6.45, 7) is 7.78. The summed E-state index contributed by atoms with van der Waals surface area (Å²) in [7, 11) is 0. The summed E-state index contributed by atoms with van der Waals surface area (Å²) in [5.41, 5.74) is 2.75. The largest absolute Gasteiger partial charge is 0.367 e. The van der Waals surface area contributed by atoms with Crippen LogP contribution < -0.4 is 10.2 Å². The fourth-order valence-electron chi connectivity index (χ4n) is 4.32. The zero-order valence-electron chi connectivity index (χ0n) is 18.9. The molecule has 2 aromatic carbocycles. The molecule has 0 aliphatic carbocycles. The van der Waals surface area contributed by atoms with Gasteiger partial charge >= 0.3 is 0 Å². The number of halogens is 1. The molecule has 0 bridgehead atoms. The van der Waals surface area contributed by atoms with Crippen LogP contribution in [0, 0.1) is 5.82 Å². The summed E-state index contributed by atoms with van der Waals surface area (Å²) in [5.74, 6) is -0.410. The van der Waals surface area contributed by atoms with Crippen LogP contribution in [-0.2, 0) is 4.79 Å². The topological polar surface area (TPSA) is 78.4 Å². The van der Waals surface area contributed by atoms with Gasteiger partial charge in [-0.3, -0.25) is 19.8 Å². The van der Waals surface area contributed by atoms with Crippen molar-refractivity contribution in [3.8, 4) is 11.1 Å². The molecule has 3 heterocycles. The number of anilines is 1. The van der Waals surface area contributed by atoms with Crippen molar-refractivity contribution in [2.24, 2.45) is 0 Å². The van der Waals surface area contributed by atoms with E-state index < -0.39 is 11.1 Å². The highest BCUT2D eigenvalue weighted by atomic mass is 32.2. The molecule has 0 unspecified atom stereocenters. The average molecular weight is 478 g/mol. The number of amides is 2. The number of piperazine rings is 1. The monoisotopic (exact) mass is 477 g/mol. The third-order valence-electron chi connectivity index (χ3n) is 6.18. The summed E-state index contributed by atoms with van der Waals surface area (Å²) >= 11 is 0.817. The number of para-hydroxylation sites is 1. The molecule has 2 amide bonds. The number of carbonyl (C=O) groups excluding carboxylic acids is 2. The lowest BCUT2D eigenvalue weighted by atomic mass is 10.0. The van der Waals surface area contributed by atoms with Crippen LogP contribution in [0.5, 0.6) is 0 Å². The van der Waals surface area contributed by atoms with E-state index >= 15 is 4.39 Å². The van der Waals surface area contributed by atoms with Gasteiger partial charge in [-0.2, -0.15) is 0 Å². The Hall–Kier alpha value is -3.30. The Balaban J connectivity index is 1.46. The minimum absolute atomic E-state index is 0.245. The number of fused-ring (bicyclic) bond motifs is 1. The van der Waals surface area contributed by atoms with Gasteiger partial charge in [0.05, 0.1) is 16.1 Å². The first-order chi connectivity index (χ1) is 16.4. The van der Waals surface area contributed by atoms with Crippen LogP contribution >= 0.6 is 11.8 Å². The number of rotatable bonds is 4. The zero-order valence-corrected chi connectivity index (χ0v) is 19.7. The number of thioether (sulfide) groups is 1. The summed E-state index contributed by atoms with van der Waals surface area (Å²) in [6.07, 6.45) is 3.15. The fourth-order valence-corrected chi connectivity index (χ4v) is 4.97. The van der Waals surface area contributed by atoms with Crippen molar-refractivity contribution in [3.63, 3.8) is 0 Å². The molecule has 34 heavy (non-hydrogen) atoms. The number of imide groups is 1. The second-order valence-corrected chi connectivity index (χ2v) is 9.62. The predicted octanol–water partition coefficient (Wildman–Crippen LogP) is 4.29. The van der Waals surface area contributed by atoms with Crippen LogP contribution in [0.1, 0.15) is 19.7 Å². The Bertz CT molecular complexity index is 1320. The van der Waals surface area contributed by atoms with Crippen molar-refractivity contribution < 1.29 is 14.0 Å². The molecule has 2 saturated heterocycles. The van der Waals surface area contributed by atoms with Crippen LogP contribution in [0.25, 0.3) is 28.1 Å². The highest BCUT2D eigenvalue weighted by Gasteiger charge is 2.25. The van der Waals surface area contributed by atoms with E-state index in [0.717, 1.165) is 48.9 Å². The molecule has 0 saturated carbocycles. The summed E-state index contributed by atoms with van der Waals surface area (Å²) < 4.78 is 15.2. The Morgan fingerprint density at radius 1 is 1.12 bits per heavy atom. The number of benzene rings is 2. The molecule has 0 atom stereocenters. The molecule has 2 fully saturated rings. The molecular weight excluding hydrogens is 453 g/mol. The molecule has 0 radical (unpaired) electrons. The van der Waals surface area contributed by atoms with E-state index in [1.165, 1.54) is 6.08 Å². The van der Waals surface area contributed by atoms with E-state index in [1.807, 2.05) is 30.3 Å². The number of nitrogens with zero attached hydrogens (tertiary/aromatic N) is 4. The van der Waals surface area contributed by atoms with Crippen molar-refractivity contribution in [2.45, 2.75) is 19.9 Å². The Morgan fingerprint density at radius 2 is 1.91 bits per heavy atom. The van der Waals surface area contributed by atoms with E-state index in [4.69, 9.17) is 0 Å². The van der Waals surface area contributed by atoms with E-state index in [0.29, 0.717) is 28.6 Å². The number of hydrogen-bond donors (Lipinski definition) is 1. The second kappa shape index (κ2) is 9.15. The van der Waals surface area contributed by atoms with Gasteiger partial charge in [-0.15, -0.1) is 0 Å². The maximum absolute atomic E-state index is 15.2. The van der Waals surface area contributed by atoms with Gasteiger partial charge in [0.2, 0.25) is 0 Å². The minimum atomic E-state index is -0.459. The molecule has 3 aromatic rings. The standard InChI is InChI=1S/C25H24FN5O2S/c1-15(2)30-8-10-31(11-9-30)20-7-6-16(12-19(20)26)18-5-3-4-17-14-27-22(28-23(17)18)13-21-24(32)29-25(33)34-21/h3-7,12-15H,8-11H2,1-2H3,(H,29,32,33). The molecule has 9 heteroatoms. The van der Waals surface area contributed by atoms with Gasteiger partial charge in [-0.1, -0.05) is 24.3 Å². The normalized spacial score (nSPS) is 18.4. The van der Waals surface area contributed by atoms with Gasteiger partial charge in [-0.25, -0.2) is 14.4 Å². The number of aromatic nitrogens is 2. The Morgan fingerprint density at radius 3 is 2.59 bits per heavy atom. The second-order valence-electron chi connectivity index (χ2n) is 8.61. The number of hydrogen-bond acceptors (Lipinski definition) is 7. The van der Waals surface area contributed by atoms with E-state index in [1.54, 1.807) is 12.3 Å². The van der Waals surface area contributed by atoms with E-state index in [2.05, 4.69) is 38.9 Å². The number of nitrogens with one attached hydrogen (secondary N) is 1. The fraction of sp³-hybridized carbons (Fsp3) is 0.280. The van der Waals surface area contributed by atoms with Gasteiger partial charge in [0.25, 0.3) is 11.1 Å². The highest BCUT2D eigenvalue weighted by molar-refractivity contribution is 8.18. The Kier molecular flexibility index (Phi) is 6.05. The maximum Gasteiger partial charge on any atom is 0.290 e. The summed E-state index contributed by atoms with van der Waals surface area (Å²) in [6, 6.07) is 11.5. The molecule has 5 rings (SSSR count). The molecule has 0 spiro atoms. The molecule has 2 aliphatic rings. The first kappa shape index (κ1) is 22.5. The molecule has 1 N–H and O–H groups in total. The quantitative estimate of drug-likeness (QED) is 0.562. The van der Waals surface area contributed by atoms with Crippen molar-refractivity contribution in [1.82, 2.24) is 20.2 Å². The van der Waals surface area contributed by atoms with Crippen molar-refractivity contribution in [3.05, 3.63) is 59.1 Å². The third-order valence-corrected chi connectivity index (χ3v) is 6.99. The summed E-state index contributed by atoms with van der Waals surface area (Å²) in [4.78, 5) is 36.9. The van der Waals surface area contributed by atoms with Gasteiger partial charge < -0.3 is 4.90 Å². The smallest absolute Gasteiger partial charge is 0.290 e. The first-order valence-electron chi connectivity index (χ1n) is 11.2. The molecule has 174 valence electrons. The molecule has 1 aromatic heterocycles. The Labute approximate surface area is 201 Å². The maximum atomic E-state index is 15.2. The van der Waals surface area contributed by atoms with Crippen molar-refractivity contribution in [1.29, 1.82) is 0 Å². The SMILES string of the molecule is CC(C)N1CCN(c2ccc(-c3cccc4cnc(C=C5SC(=O)NC5=O)nc34)cc2F)CC1. The lowest BCUT2D eigenvalue weighted by Crippen LogP contribution is -2.49. The third kappa shape index (κ3) is 4.41. The van der Waals surface area contributed by atoms with Gasteiger partial charge in [0, 0.05) is 55.4 Å². The van der Waals surface area contributed by atoms with Crippen LogP contribution in [0.3, 0.4) is 0 Å². The van der Waals surface area contributed by atoms with Crippen molar-refractivity contribution in [2.75, 3.05) is 31.1 Å². The van der Waals surface area contributed by atoms with Crippen LogP contribution in [0.4, 0.5) is 14.9 Å². The van der Waals surface area contributed by atoms with E-state index in [-0.39, 0.29) is 10.7 Å². The van der Waals surface area contributed by atoms with E-state index in [9.17, 15) is 9.59 Å². The summed E-state index contributed by atoms with van der Waals surface area (Å²) in [5, 5.41) is 2.60.